The molecule has 7 heteroatoms. The van der Waals surface area contributed by atoms with Gasteiger partial charge in [0.05, 0.1) is 12.2 Å². The van der Waals surface area contributed by atoms with E-state index < -0.39 is 11.9 Å². The van der Waals surface area contributed by atoms with E-state index in [4.69, 9.17) is 15.6 Å². The quantitative estimate of drug-likeness (QED) is 0.651. The Morgan fingerprint density at radius 3 is 2.67 bits per heavy atom. The molecule has 0 atom stereocenters. The summed E-state index contributed by atoms with van der Waals surface area (Å²) in [4.78, 5) is 25.8. The molecule has 0 radical (unpaired) electrons. The molecule has 0 aliphatic carbocycles. The lowest BCUT2D eigenvalue weighted by molar-refractivity contribution is -0.122. The van der Waals surface area contributed by atoms with E-state index in [1.165, 1.54) is 6.20 Å². The highest BCUT2D eigenvalue weighted by Crippen LogP contribution is 2.24. The van der Waals surface area contributed by atoms with E-state index in [-0.39, 0.29) is 12.2 Å². The Hall–Kier alpha value is -2.67. The maximum absolute atomic E-state index is 11.2. The van der Waals surface area contributed by atoms with Gasteiger partial charge in [0, 0.05) is 23.5 Å². The average Bonchev–Trinajstić information content (AvgIpc) is 2.46. The van der Waals surface area contributed by atoms with Crippen LogP contribution in [0.2, 0.25) is 0 Å². The number of rotatable bonds is 7. The predicted molar refractivity (Wildman–Crippen MR) is 77.2 cm³/mol. The van der Waals surface area contributed by atoms with Gasteiger partial charge in [-0.15, -0.1) is 0 Å². The maximum atomic E-state index is 11.2. The van der Waals surface area contributed by atoms with Gasteiger partial charge in [-0.3, -0.25) is 4.79 Å². The van der Waals surface area contributed by atoms with Gasteiger partial charge in [-0.25, -0.2) is 9.78 Å². The number of hydrogen-bond donors (Lipinski definition) is 3. The Bertz CT molecular complexity index is 672. The zero-order valence-corrected chi connectivity index (χ0v) is 11.2. The predicted octanol–water partition coefficient (Wildman–Crippen LogP) is 0.847. The van der Waals surface area contributed by atoms with Crippen molar-refractivity contribution in [3.8, 4) is 0 Å². The summed E-state index contributed by atoms with van der Waals surface area (Å²) in [6, 6.07) is 7.11. The first-order valence-electron chi connectivity index (χ1n) is 6.30. The molecule has 0 aliphatic heterocycles. The van der Waals surface area contributed by atoms with E-state index in [1.54, 1.807) is 18.2 Å². The van der Waals surface area contributed by atoms with E-state index in [9.17, 15) is 9.59 Å². The number of carbonyl (C=O) groups excluding carboxylic acids is 1. The number of nitrogens with zero attached hydrogens (tertiary/aromatic N) is 1. The number of carboxylic acid groups (broad SMARTS) is 1. The molecule has 21 heavy (non-hydrogen) atoms. The largest absolute Gasteiger partial charge is 0.478 e. The van der Waals surface area contributed by atoms with Crippen molar-refractivity contribution < 1.29 is 19.4 Å². The second kappa shape index (κ2) is 6.67. The van der Waals surface area contributed by atoms with Crippen molar-refractivity contribution in [3.05, 3.63) is 36.0 Å². The second-order valence-corrected chi connectivity index (χ2v) is 4.32. The van der Waals surface area contributed by atoms with E-state index in [0.717, 1.165) is 0 Å². The third kappa shape index (κ3) is 3.67. The topological polar surface area (TPSA) is 115 Å². The minimum absolute atomic E-state index is 0.131. The Kier molecular flexibility index (Phi) is 4.68. The van der Waals surface area contributed by atoms with E-state index >= 15 is 0 Å². The van der Waals surface area contributed by atoms with Crippen molar-refractivity contribution in [2.24, 2.45) is 5.73 Å². The monoisotopic (exact) mass is 289 g/mol. The number of anilines is 1. The number of aromatic nitrogens is 1. The van der Waals surface area contributed by atoms with Gasteiger partial charge < -0.3 is 20.9 Å². The molecule has 0 spiro atoms. The van der Waals surface area contributed by atoms with Crippen molar-refractivity contribution in [1.29, 1.82) is 0 Å². The number of ether oxygens (including phenoxy) is 1. The summed E-state index contributed by atoms with van der Waals surface area (Å²) in [6.07, 6.45) is 1.32. The molecule has 2 aromatic rings. The lowest BCUT2D eigenvalue weighted by atomic mass is 10.1. The summed E-state index contributed by atoms with van der Waals surface area (Å²) < 4.78 is 5.03. The minimum atomic E-state index is -1.02. The number of primary amides is 1. The van der Waals surface area contributed by atoms with Crippen molar-refractivity contribution >= 4 is 28.5 Å². The first-order valence-corrected chi connectivity index (χ1v) is 6.30. The Morgan fingerprint density at radius 1 is 1.29 bits per heavy atom. The van der Waals surface area contributed by atoms with E-state index in [1.807, 2.05) is 6.07 Å². The number of pyridine rings is 1. The molecule has 0 bridgehead atoms. The van der Waals surface area contributed by atoms with Crippen LogP contribution in [0.25, 0.3) is 10.8 Å². The van der Waals surface area contributed by atoms with Crippen LogP contribution >= 0.6 is 0 Å². The van der Waals surface area contributed by atoms with Gasteiger partial charge in [-0.2, -0.15) is 0 Å². The fraction of sp³-hybridized carbons (Fsp3) is 0.214. The molecule has 1 heterocycles. The highest BCUT2D eigenvalue weighted by molar-refractivity contribution is 6.06. The molecule has 1 aromatic heterocycles. The molecule has 0 fully saturated rings. The lowest BCUT2D eigenvalue weighted by Crippen LogP contribution is -2.20. The Labute approximate surface area is 120 Å². The van der Waals surface area contributed by atoms with Crippen LogP contribution in [0.1, 0.15) is 10.4 Å². The molecule has 0 unspecified atom stereocenters. The van der Waals surface area contributed by atoms with Gasteiger partial charge in [0.15, 0.2) is 0 Å². The molecule has 7 nitrogen and oxygen atoms in total. The average molecular weight is 289 g/mol. The summed E-state index contributed by atoms with van der Waals surface area (Å²) in [6.45, 7) is 0.587. The molecule has 2 rings (SSSR count). The van der Waals surface area contributed by atoms with Crippen LogP contribution in [0.15, 0.2) is 30.5 Å². The van der Waals surface area contributed by atoms with Crippen molar-refractivity contribution in [2.75, 3.05) is 25.1 Å². The fourth-order valence-electron chi connectivity index (χ4n) is 1.92. The summed E-state index contributed by atoms with van der Waals surface area (Å²) >= 11 is 0. The van der Waals surface area contributed by atoms with Crippen molar-refractivity contribution in [3.63, 3.8) is 0 Å². The molecular weight excluding hydrogens is 274 g/mol. The minimum Gasteiger partial charge on any atom is -0.478 e. The third-order valence-electron chi connectivity index (χ3n) is 2.81. The summed E-state index contributed by atoms with van der Waals surface area (Å²) in [5, 5.41) is 13.5. The van der Waals surface area contributed by atoms with Crippen LogP contribution in [0.4, 0.5) is 5.82 Å². The molecule has 0 aliphatic rings. The number of benzene rings is 1. The van der Waals surface area contributed by atoms with Gasteiger partial charge in [0.2, 0.25) is 5.91 Å². The van der Waals surface area contributed by atoms with Crippen LogP contribution < -0.4 is 11.1 Å². The summed E-state index contributed by atoms with van der Waals surface area (Å²) in [7, 11) is 0. The normalized spacial score (nSPS) is 10.5. The maximum Gasteiger partial charge on any atom is 0.337 e. The Morgan fingerprint density at radius 2 is 2.00 bits per heavy atom. The smallest absolute Gasteiger partial charge is 0.337 e. The molecule has 4 N–H and O–H groups in total. The number of fused-ring (bicyclic) bond motifs is 1. The number of nitrogens with two attached hydrogens (primary N) is 1. The number of amides is 1. The van der Waals surface area contributed by atoms with Crippen molar-refractivity contribution in [2.45, 2.75) is 0 Å². The number of hydrogen-bond acceptors (Lipinski definition) is 5. The number of carbonyl (C=O) groups is 2. The second-order valence-electron chi connectivity index (χ2n) is 4.32. The third-order valence-corrected chi connectivity index (χ3v) is 2.81. The molecule has 0 saturated carbocycles. The molecule has 0 saturated heterocycles. The highest BCUT2D eigenvalue weighted by Gasteiger charge is 2.11. The van der Waals surface area contributed by atoms with E-state index in [2.05, 4.69) is 10.3 Å². The molecule has 1 aromatic carbocycles. The van der Waals surface area contributed by atoms with Crippen LogP contribution in [0, 0.1) is 0 Å². The molecule has 1 amide bonds. The first-order chi connectivity index (χ1) is 10.1. The number of aromatic carboxylic acids is 1. The number of nitrogens with one attached hydrogen (secondary N) is 1. The van der Waals surface area contributed by atoms with Crippen LogP contribution in [-0.2, 0) is 9.53 Å². The van der Waals surface area contributed by atoms with Crippen molar-refractivity contribution in [1.82, 2.24) is 4.98 Å². The molecular formula is C14H15N3O4. The van der Waals surface area contributed by atoms with Crippen LogP contribution in [0.5, 0.6) is 0 Å². The lowest BCUT2D eigenvalue weighted by Gasteiger charge is -2.10. The van der Waals surface area contributed by atoms with Crippen LogP contribution in [0.3, 0.4) is 0 Å². The Balaban J connectivity index is 2.12. The van der Waals surface area contributed by atoms with Gasteiger partial charge in [0.1, 0.15) is 12.4 Å². The standard InChI is InChI=1S/C14H15N3O4/c15-12(18)8-21-6-5-16-13-10-4-2-1-3-9(10)11(7-17-13)14(19)20/h1-4,7H,5-6,8H2,(H2,15,18)(H,16,17)(H,19,20). The summed E-state index contributed by atoms with van der Waals surface area (Å²) in [5.74, 6) is -0.974. The molecule has 110 valence electrons. The fourth-order valence-corrected chi connectivity index (χ4v) is 1.92. The SMILES string of the molecule is NC(=O)COCCNc1ncc(C(=O)O)c2ccccc12. The first kappa shape index (κ1) is 14.7. The zero-order valence-electron chi connectivity index (χ0n) is 11.2. The van der Waals surface area contributed by atoms with Gasteiger partial charge in [0.25, 0.3) is 0 Å². The number of carboxylic acids is 1. The highest BCUT2D eigenvalue weighted by atomic mass is 16.5. The van der Waals surface area contributed by atoms with Gasteiger partial charge in [-0.1, -0.05) is 24.3 Å². The van der Waals surface area contributed by atoms with Gasteiger partial charge >= 0.3 is 5.97 Å². The summed E-state index contributed by atoms with van der Waals surface area (Å²) in [5.41, 5.74) is 5.11. The van der Waals surface area contributed by atoms with E-state index in [0.29, 0.717) is 29.7 Å². The van der Waals surface area contributed by atoms with Crippen LogP contribution in [-0.4, -0.2) is 41.7 Å². The van der Waals surface area contributed by atoms with Gasteiger partial charge in [-0.05, 0) is 0 Å². The zero-order chi connectivity index (χ0) is 15.2.